The van der Waals surface area contributed by atoms with Gasteiger partial charge >= 0.3 is 6.09 Å². The van der Waals surface area contributed by atoms with Crippen molar-refractivity contribution in [3.05, 3.63) is 58.3 Å². The van der Waals surface area contributed by atoms with Crippen molar-refractivity contribution in [2.75, 3.05) is 19.6 Å². The van der Waals surface area contributed by atoms with Gasteiger partial charge in [-0.1, -0.05) is 36.4 Å². The number of hydrogen-bond donors (Lipinski definition) is 1. The van der Waals surface area contributed by atoms with Crippen molar-refractivity contribution in [2.24, 2.45) is 5.92 Å². The van der Waals surface area contributed by atoms with E-state index in [4.69, 9.17) is 4.74 Å². The third kappa shape index (κ3) is 8.69. The number of carbonyl (C=O) groups excluding carboxylic acids is 2. The van der Waals surface area contributed by atoms with Gasteiger partial charge < -0.3 is 15.0 Å². The van der Waals surface area contributed by atoms with Gasteiger partial charge in [0.2, 0.25) is 0 Å². The maximum atomic E-state index is 12.0. The molecule has 1 aromatic heterocycles. The SMILES string of the molecule is Cc1ccc(C(=O)NCC2CCN(C(=O)OC(C)(C)C)CC2)s1.c1ccccc1. The molecule has 2 heterocycles. The summed E-state index contributed by atoms with van der Waals surface area (Å²) in [6, 6.07) is 15.8. The van der Waals surface area contributed by atoms with Gasteiger partial charge in [0.15, 0.2) is 0 Å². The van der Waals surface area contributed by atoms with Crippen LogP contribution in [0.3, 0.4) is 0 Å². The minimum absolute atomic E-state index is 0.00216. The molecule has 6 heteroatoms. The van der Waals surface area contributed by atoms with Gasteiger partial charge in [-0.2, -0.15) is 0 Å². The van der Waals surface area contributed by atoms with Gasteiger partial charge in [-0.05, 0) is 58.6 Å². The zero-order valence-electron chi connectivity index (χ0n) is 17.8. The van der Waals surface area contributed by atoms with E-state index in [0.717, 1.165) is 22.6 Å². The fourth-order valence-corrected chi connectivity index (χ4v) is 3.70. The molecule has 5 nitrogen and oxygen atoms in total. The van der Waals surface area contributed by atoms with Crippen LogP contribution < -0.4 is 5.32 Å². The summed E-state index contributed by atoms with van der Waals surface area (Å²) in [5.74, 6) is 0.413. The molecule has 2 aromatic rings. The van der Waals surface area contributed by atoms with Gasteiger partial charge in [-0.3, -0.25) is 4.79 Å². The van der Waals surface area contributed by atoms with Gasteiger partial charge in [0, 0.05) is 24.5 Å². The Morgan fingerprint density at radius 1 is 1.07 bits per heavy atom. The Balaban J connectivity index is 0.000000426. The number of hydrogen-bond acceptors (Lipinski definition) is 4. The molecule has 0 bridgehead atoms. The van der Waals surface area contributed by atoms with Gasteiger partial charge in [0.05, 0.1) is 4.88 Å². The second-order valence-corrected chi connectivity index (χ2v) is 9.47. The molecule has 0 atom stereocenters. The lowest BCUT2D eigenvalue weighted by atomic mass is 9.97. The summed E-state index contributed by atoms with van der Waals surface area (Å²) in [7, 11) is 0. The zero-order chi connectivity index (χ0) is 21.3. The van der Waals surface area contributed by atoms with Crippen LogP contribution in [0.1, 0.15) is 48.2 Å². The molecular weight excluding hydrogens is 384 g/mol. The third-order valence-corrected chi connectivity index (χ3v) is 5.45. The third-order valence-electron chi connectivity index (χ3n) is 4.45. The molecule has 29 heavy (non-hydrogen) atoms. The van der Waals surface area contributed by atoms with E-state index in [1.54, 1.807) is 4.90 Å². The lowest BCUT2D eigenvalue weighted by molar-refractivity contribution is 0.0183. The number of thiophene rings is 1. The maximum absolute atomic E-state index is 12.0. The smallest absolute Gasteiger partial charge is 0.410 e. The van der Waals surface area contributed by atoms with Gasteiger partial charge in [-0.15, -0.1) is 11.3 Å². The number of amides is 2. The summed E-state index contributed by atoms with van der Waals surface area (Å²) in [4.78, 5) is 27.7. The van der Waals surface area contributed by atoms with Crippen molar-refractivity contribution in [3.63, 3.8) is 0 Å². The first-order valence-electron chi connectivity index (χ1n) is 10.1. The molecule has 158 valence electrons. The molecule has 3 rings (SSSR count). The van der Waals surface area contributed by atoms with Crippen molar-refractivity contribution in [3.8, 4) is 0 Å². The first-order valence-corrected chi connectivity index (χ1v) is 10.9. The lowest BCUT2D eigenvalue weighted by Gasteiger charge is -2.33. The molecule has 1 fully saturated rings. The van der Waals surface area contributed by atoms with Crippen LogP contribution in [0.25, 0.3) is 0 Å². The first kappa shape index (κ1) is 22.9. The van der Waals surface area contributed by atoms with Crippen molar-refractivity contribution >= 4 is 23.3 Å². The summed E-state index contributed by atoms with van der Waals surface area (Å²) < 4.78 is 5.39. The van der Waals surface area contributed by atoms with E-state index in [0.29, 0.717) is 25.6 Å². The Bertz CT molecular complexity index is 733. The summed E-state index contributed by atoms with van der Waals surface area (Å²) in [5, 5.41) is 3.00. The van der Waals surface area contributed by atoms with Gasteiger partial charge in [-0.25, -0.2) is 4.79 Å². The average molecular weight is 417 g/mol. The van der Waals surface area contributed by atoms with E-state index >= 15 is 0 Å². The highest BCUT2D eigenvalue weighted by Crippen LogP contribution is 2.20. The van der Waals surface area contributed by atoms with Crippen LogP contribution in [0.4, 0.5) is 4.79 Å². The molecule has 0 spiro atoms. The standard InChI is InChI=1S/C17H26N2O3S.C6H6/c1-12-5-6-14(23-12)15(20)18-11-13-7-9-19(10-8-13)16(21)22-17(2,3)4;1-2-4-6-5-3-1/h5-6,13H,7-11H2,1-4H3,(H,18,20);1-6H. The van der Waals surface area contributed by atoms with Crippen molar-refractivity contribution < 1.29 is 14.3 Å². The Morgan fingerprint density at radius 2 is 1.62 bits per heavy atom. The molecule has 2 amide bonds. The van der Waals surface area contributed by atoms with Gasteiger partial charge in [0.25, 0.3) is 5.91 Å². The predicted octanol–water partition coefficient (Wildman–Crippen LogP) is 5.12. The number of aryl methyl sites for hydroxylation is 1. The molecule has 1 N–H and O–H groups in total. The van der Waals surface area contributed by atoms with E-state index in [-0.39, 0.29) is 12.0 Å². The molecule has 1 saturated heterocycles. The molecule has 0 unspecified atom stereocenters. The number of likely N-dealkylation sites (tertiary alicyclic amines) is 1. The van der Waals surface area contributed by atoms with Crippen LogP contribution in [-0.2, 0) is 4.74 Å². The number of piperidine rings is 1. The second-order valence-electron chi connectivity index (χ2n) is 8.19. The Hall–Kier alpha value is -2.34. The van der Waals surface area contributed by atoms with Crippen molar-refractivity contribution in [1.82, 2.24) is 10.2 Å². The normalized spacial score (nSPS) is 14.6. The molecule has 0 saturated carbocycles. The quantitative estimate of drug-likeness (QED) is 0.755. The topological polar surface area (TPSA) is 58.6 Å². The number of nitrogens with one attached hydrogen (secondary N) is 1. The Labute approximate surface area is 178 Å². The van der Waals surface area contributed by atoms with Crippen LogP contribution >= 0.6 is 11.3 Å². The molecule has 1 aliphatic heterocycles. The summed E-state index contributed by atoms with van der Waals surface area (Å²) in [6.45, 7) is 9.66. The fourth-order valence-electron chi connectivity index (χ4n) is 2.91. The van der Waals surface area contributed by atoms with E-state index in [1.807, 2.05) is 76.2 Å². The number of ether oxygens (including phenoxy) is 1. The lowest BCUT2D eigenvalue weighted by Crippen LogP contribution is -2.43. The average Bonchev–Trinajstić information content (AvgIpc) is 3.13. The van der Waals surface area contributed by atoms with Crippen LogP contribution in [0.5, 0.6) is 0 Å². The summed E-state index contributed by atoms with van der Waals surface area (Å²) >= 11 is 1.51. The minimum Gasteiger partial charge on any atom is -0.444 e. The molecule has 1 aromatic carbocycles. The largest absolute Gasteiger partial charge is 0.444 e. The molecule has 1 aliphatic rings. The summed E-state index contributed by atoms with van der Waals surface area (Å²) in [6.07, 6.45) is 1.54. The monoisotopic (exact) mass is 416 g/mol. The van der Waals surface area contributed by atoms with Crippen molar-refractivity contribution in [2.45, 2.75) is 46.1 Å². The molecule has 0 aliphatic carbocycles. The maximum Gasteiger partial charge on any atom is 0.410 e. The van der Waals surface area contributed by atoms with Crippen LogP contribution in [-0.4, -0.2) is 42.1 Å². The van der Waals surface area contributed by atoms with E-state index in [2.05, 4.69) is 5.32 Å². The highest BCUT2D eigenvalue weighted by molar-refractivity contribution is 7.13. The highest BCUT2D eigenvalue weighted by atomic mass is 32.1. The molecule has 0 radical (unpaired) electrons. The predicted molar refractivity (Wildman–Crippen MR) is 118 cm³/mol. The minimum atomic E-state index is -0.458. The summed E-state index contributed by atoms with van der Waals surface area (Å²) in [5.41, 5.74) is -0.458. The van der Waals surface area contributed by atoms with E-state index in [9.17, 15) is 9.59 Å². The Kier molecular flexibility index (Phi) is 8.70. The highest BCUT2D eigenvalue weighted by Gasteiger charge is 2.27. The zero-order valence-corrected chi connectivity index (χ0v) is 18.6. The van der Waals surface area contributed by atoms with Gasteiger partial charge in [0.1, 0.15) is 5.60 Å². The Morgan fingerprint density at radius 3 is 2.07 bits per heavy atom. The second kappa shape index (κ2) is 11.0. The number of benzene rings is 1. The van der Waals surface area contributed by atoms with E-state index in [1.165, 1.54) is 11.3 Å². The fraction of sp³-hybridized carbons (Fsp3) is 0.478. The molecular formula is C23H32N2O3S. The number of rotatable bonds is 3. The van der Waals surface area contributed by atoms with Crippen molar-refractivity contribution in [1.29, 1.82) is 0 Å². The first-order chi connectivity index (χ1) is 13.7. The van der Waals surface area contributed by atoms with Crippen LogP contribution in [0.15, 0.2) is 48.5 Å². The van der Waals surface area contributed by atoms with Crippen LogP contribution in [0.2, 0.25) is 0 Å². The van der Waals surface area contributed by atoms with Crippen LogP contribution in [0, 0.1) is 12.8 Å². The number of carbonyl (C=O) groups is 2. The number of nitrogens with zero attached hydrogens (tertiary/aromatic N) is 1. The van der Waals surface area contributed by atoms with E-state index < -0.39 is 5.60 Å².